The first-order valence-electron chi connectivity index (χ1n) is 5.73. The first-order chi connectivity index (χ1) is 9.19. The van der Waals surface area contributed by atoms with Crippen LogP contribution in [0.4, 0.5) is 0 Å². The summed E-state index contributed by atoms with van der Waals surface area (Å²) < 4.78 is 5.95. The van der Waals surface area contributed by atoms with Crippen LogP contribution >= 0.6 is 27.3 Å². The Kier molecular flexibility index (Phi) is 4.98. The van der Waals surface area contributed by atoms with E-state index in [0.29, 0.717) is 6.54 Å². The molecule has 1 N–H and O–H groups in total. The second-order valence-corrected chi connectivity index (χ2v) is 6.30. The second kappa shape index (κ2) is 6.72. The molecule has 102 valence electrons. The van der Waals surface area contributed by atoms with Gasteiger partial charge in [0, 0.05) is 26.7 Å². The molecule has 0 atom stereocenters. The van der Waals surface area contributed by atoms with Gasteiger partial charge in [-0.05, 0) is 32.9 Å². The van der Waals surface area contributed by atoms with Crippen LogP contribution in [0.2, 0.25) is 0 Å². The number of aliphatic imine (C=N–C) groups is 1. The number of nitrogens with one attached hydrogen (secondary N) is 1. The molecule has 19 heavy (non-hydrogen) atoms. The van der Waals surface area contributed by atoms with E-state index < -0.39 is 0 Å². The average molecular weight is 343 g/mol. The molecule has 0 aromatic carbocycles. The highest BCUT2D eigenvalue weighted by molar-refractivity contribution is 9.11. The molecule has 0 aliphatic carbocycles. The van der Waals surface area contributed by atoms with Crippen LogP contribution in [0.15, 0.2) is 37.1 Å². The van der Waals surface area contributed by atoms with Gasteiger partial charge in [-0.1, -0.05) is 5.16 Å². The topological polar surface area (TPSA) is 53.7 Å². The monoisotopic (exact) mass is 342 g/mol. The summed E-state index contributed by atoms with van der Waals surface area (Å²) in [4.78, 5) is 6.25. The van der Waals surface area contributed by atoms with Crippen molar-refractivity contribution >= 4 is 33.2 Å². The number of thiophene rings is 1. The second-order valence-electron chi connectivity index (χ2n) is 4.01. The highest BCUT2D eigenvalue weighted by Gasteiger charge is 2.08. The Bertz CT molecular complexity index is 538. The van der Waals surface area contributed by atoms with E-state index in [1.54, 1.807) is 24.6 Å². The Hall–Kier alpha value is -1.34. The summed E-state index contributed by atoms with van der Waals surface area (Å²) in [7, 11) is 3.73. The summed E-state index contributed by atoms with van der Waals surface area (Å²) in [5, 5.41) is 9.32. The van der Waals surface area contributed by atoms with Gasteiger partial charge in [0.05, 0.1) is 10.3 Å². The molecule has 0 aliphatic heterocycles. The number of halogens is 1. The third-order valence-corrected chi connectivity index (χ3v) is 4.09. The molecule has 2 aromatic heterocycles. The quantitative estimate of drug-likeness (QED) is 0.685. The lowest BCUT2D eigenvalue weighted by molar-refractivity contribution is 0.391. The molecule has 0 amide bonds. The number of hydrogen-bond donors (Lipinski definition) is 1. The highest BCUT2D eigenvalue weighted by atomic mass is 79.9. The molecule has 2 heterocycles. The molecular formula is C12H15BrN4OS. The standard InChI is InChI=1S/C12H15BrN4OS/c1-14-12(15-6-9-5-11(13)19-8-9)17(2)7-10-3-4-18-16-10/h3-5,8H,6-7H2,1-2H3,(H,14,15). The SMILES string of the molecule is CN=C(NCc1csc(Br)c1)N(C)Cc1ccon1. The van der Waals surface area contributed by atoms with Crippen LogP contribution in [0.5, 0.6) is 0 Å². The minimum atomic E-state index is 0.656. The Morgan fingerprint density at radius 1 is 1.63 bits per heavy atom. The van der Waals surface area contributed by atoms with Gasteiger partial charge in [-0.2, -0.15) is 0 Å². The van der Waals surface area contributed by atoms with Gasteiger partial charge >= 0.3 is 0 Å². The maximum absolute atomic E-state index is 4.82. The molecule has 0 unspecified atom stereocenters. The number of nitrogens with zero attached hydrogens (tertiary/aromatic N) is 3. The van der Waals surface area contributed by atoms with Gasteiger partial charge in [0.2, 0.25) is 0 Å². The van der Waals surface area contributed by atoms with Gasteiger partial charge in [0.1, 0.15) is 12.0 Å². The molecule has 5 nitrogen and oxygen atoms in total. The molecule has 0 radical (unpaired) electrons. The van der Waals surface area contributed by atoms with Gasteiger partial charge in [-0.3, -0.25) is 4.99 Å². The molecule has 0 spiro atoms. The van der Waals surface area contributed by atoms with Gasteiger partial charge in [0.15, 0.2) is 5.96 Å². The Morgan fingerprint density at radius 2 is 2.47 bits per heavy atom. The van der Waals surface area contributed by atoms with Gasteiger partial charge in [-0.15, -0.1) is 11.3 Å². The van der Waals surface area contributed by atoms with E-state index in [-0.39, 0.29) is 0 Å². The largest absolute Gasteiger partial charge is 0.364 e. The lowest BCUT2D eigenvalue weighted by Crippen LogP contribution is -2.38. The van der Waals surface area contributed by atoms with Crippen molar-refractivity contribution in [3.8, 4) is 0 Å². The zero-order chi connectivity index (χ0) is 13.7. The first kappa shape index (κ1) is 14.1. The van der Waals surface area contributed by atoms with Crippen molar-refractivity contribution in [2.24, 2.45) is 4.99 Å². The molecule has 7 heteroatoms. The van der Waals surface area contributed by atoms with E-state index in [4.69, 9.17) is 4.52 Å². The highest BCUT2D eigenvalue weighted by Crippen LogP contribution is 2.20. The van der Waals surface area contributed by atoms with E-state index >= 15 is 0 Å². The van der Waals surface area contributed by atoms with Crippen LogP contribution in [0, 0.1) is 0 Å². The predicted molar refractivity (Wildman–Crippen MR) is 80.2 cm³/mol. The first-order valence-corrected chi connectivity index (χ1v) is 7.40. The van der Waals surface area contributed by atoms with E-state index in [2.05, 4.69) is 42.8 Å². The van der Waals surface area contributed by atoms with Crippen LogP contribution in [0.25, 0.3) is 0 Å². The predicted octanol–water partition coefficient (Wildman–Crippen LogP) is 2.71. The van der Waals surface area contributed by atoms with Crippen LogP contribution in [0.3, 0.4) is 0 Å². The van der Waals surface area contributed by atoms with Gasteiger partial charge in [0.25, 0.3) is 0 Å². The molecule has 0 saturated carbocycles. The summed E-state index contributed by atoms with van der Waals surface area (Å²) in [5.74, 6) is 0.824. The number of hydrogen-bond acceptors (Lipinski definition) is 4. The third kappa shape index (κ3) is 4.07. The molecule has 0 fully saturated rings. The Balaban J connectivity index is 1.89. The van der Waals surface area contributed by atoms with Crippen molar-refractivity contribution in [2.45, 2.75) is 13.1 Å². The smallest absolute Gasteiger partial charge is 0.194 e. The van der Waals surface area contributed by atoms with Crippen molar-refractivity contribution in [1.82, 2.24) is 15.4 Å². The van der Waals surface area contributed by atoms with E-state index in [0.717, 1.165) is 22.0 Å². The Morgan fingerprint density at radius 3 is 3.05 bits per heavy atom. The summed E-state index contributed by atoms with van der Waals surface area (Å²) in [5.41, 5.74) is 2.11. The third-order valence-electron chi connectivity index (χ3n) is 2.54. The fraction of sp³-hybridized carbons (Fsp3) is 0.333. The molecule has 2 rings (SSSR count). The fourth-order valence-electron chi connectivity index (χ4n) is 1.64. The van der Waals surface area contributed by atoms with Gasteiger partial charge in [-0.25, -0.2) is 0 Å². The summed E-state index contributed by atoms with van der Waals surface area (Å²) in [6.07, 6.45) is 1.57. The number of guanidine groups is 1. The van der Waals surface area contributed by atoms with E-state index in [1.165, 1.54) is 5.56 Å². The zero-order valence-corrected chi connectivity index (χ0v) is 13.2. The molecule has 2 aromatic rings. The van der Waals surface area contributed by atoms with Crippen LogP contribution in [-0.4, -0.2) is 30.1 Å². The van der Waals surface area contributed by atoms with Crippen LogP contribution in [0.1, 0.15) is 11.3 Å². The van der Waals surface area contributed by atoms with Crippen molar-refractivity contribution in [3.63, 3.8) is 0 Å². The fourth-order valence-corrected chi connectivity index (χ4v) is 2.85. The summed E-state index contributed by atoms with van der Waals surface area (Å²) >= 11 is 5.13. The zero-order valence-electron chi connectivity index (χ0n) is 10.8. The maximum atomic E-state index is 4.82. The van der Waals surface area contributed by atoms with Crippen molar-refractivity contribution in [3.05, 3.63) is 38.8 Å². The van der Waals surface area contributed by atoms with Crippen LogP contribution < -0.4 is 5.32 Å². The van der Waals surface area contributed by atoms with Crippen molar-refractivity contribution < 1.29 is 4.52 Å². The maximum Gasteiger partial charge on any atom is 0.194 e. The Labute approximate surface area is 124 Å². The number of rotatable bonds is 4. The molecule has 0 aliphatic rings. The summed E-state index contributed by atoms with van der Waals surface area (Å²) in [6, 6.07) is 3.95. The average Bonchev–Trinajstić information content (AvgIpc) is 3.02. The van der Waals surface area contributed by atoms with E-state index in [9.17, 15) is 0 Å². The van der Waals surface area contributed by atoms with Crippen molar-refractivity contribution in [2.75, 3.05) is 14.1 Å². The minimum absolute atomic E-state index is 0.656. The molecular weight excluding hydrogens is 328 g/mol. The molecule has 0 saturated heterocycles. The lowest BCUT2D eigenvalue weighted by Gasteiger charge is -2.20. The summed E-state index contributed by atoms with van der Waals surface area (Å²) in [6.45, 7) is 1.40. The van der Waals surface area contributed by atoms with Crippen molar-refractivity contribution in [1.29, 1.82) is 0 Å². The normalized spacial score (nSPS) is 11.6. The lowest BCUT2D eigenvalue weighted by atomic mass is 10.3. The number of aromatic nitrogens is 1. The van der Waals surface area contributed by atoms with Gasteiger partial charge < -0.3 is 14.7 Å². The molecule has 0 bridgehead atoms. The van der Waals surface area contributed by atoms with E-state index in [1.807, 2.05) is 18.0 Å². The van der Waals surface area contributed by atoms with Crippen LogP contribution in [-0.2, 0) is 13.1 Å². The minimum Gasteiger partial charge on any atom is -0.364 e.